The Hall–Kier alpha value is -1.56. The Bertz CT molecular complexity index is 606. The first-order valence-electron chi connectivity index (χ1n) is 6.13. The van der Waals surface area contributed by atoms with Gasteiger partial charge in [0.05, 0.1) is 4.90 Å². The molecular weight excluding hydrogens is 264 g/mol. The molecule has 2 rings (SSSR count). The molecule has 0 heterocycles. The lowest BCUT2D eigenvalue weighted by atomic mass is 10.1. The lowest BCUT2D eigenvalue weighted by Crippen LogP contribution is -2.29. The van der Waals surface area contributed by atoms with Crippen LogP contribution < -0.4 is 5.73 Å². The smallest absolute Gasteiger partial charge is 0.253 e. The van der Waals surface area contributed by atoms with Gasteiger partial charge < -0.3 is 10.6 Å². The molecule has 1 amide bonds. The Balaban J connectivity index is 2.28. The summed E-state index contributed by atoms with van der Waals surface area (Å²) in [4.78, 5) is 13.9. The maximum atomic E-state index is 12.2. The number of amides is 1. The molecule has 0 unspecified atom stereocenters. The molecule has 1 saturated carbocycles. The van der Waals surface area contributed by atoms with Crippen molar-refractivity contribution in [2.45, 2.75) is 17.7 Å². The van der Waals surface area contributed by atoms with Gasteiger partial charge in [-0.05, 0) is 37.0 Å². The van der Waals surface area contributed by atoms with Gasteiger partial charge in [-0.3, -0.25) is 4.79 Å². The molecule has 0 radical (unpaired) electrons. The number of nitrogens with two attached hydrogens (primary N) is 1. The van der Waals surface area contributed by atoms with Crippen LogP contribution in [-0.4, -0.2) is 39.1 Å². The summed E-state index contributed by atoms with van der Waals surface area (Å²) in [5.41, 5.74) is 6.28. The van der Waals surface area contributed by atoms with E-state index in [4.69, 9.17) is 5.73 Å². The van der Waals surface area contributed by atoms with E-state index in [0.29, 0.717) is 18.0 Å². The molecule has 2 N–H and O–H groups in total. The summed E-state index contributed by atoms with van der Waals surface area (Å²) in [6, 6.07) is 4.27. The predicted octanol–water partition coefficient (Wildman–Crippen LogP) is 1.15. The van der Waals surface area contributed by atoms with Gasteiger partial charge in [-0.15, -0.1) is 0 Å². The molecule has 104 valence electrons. The highest BCUT2D eigenvalue weighted by molar-refractivity contribution is 7.90. The van der Waals surface area contributed by atoms with Crippen molar-refractivity contribution in [3.8, 4) is 0 Å². The van der Waals surface area contributed by atoms with Crippen LogP contribution in [0.25, 0.3) is 0 Å². The summed E-state index contributed by atoms with van der Waals surface area (Å²) in [6.07, 6.45) is 3.41. The van der Waals surface area contributed by atoms with Crippen LogP contribution in [0.4, 0.5) is 5.69 Å². The van der Waals surface area contributed by atoms with Crippen molar-refractivity contribution in [3.63, 3.8) is 0 Å². The average Bonchev–Trinajstić information content (AvgIpc) is 3.09. The third-order valence-corrected chi connectivity index (χ3v) is 4.27. The first-order valence-corrected chi connectivity index (χ1v) is 8.02. The lowest BCUT2D eigenvalue weighted by molar-refractivity contribution is 0.0788. The molecule has 1 aromatic carbocycles. The number of carbonyl (C=O) groups is 1. The largest absolute Gasteiger partial charge is 0.399 e. The molecule has 19 heavy (non-hydrogen) atoms. The third-order valence-electron chi connectivity index (χ3n) is 3.18. The van der Waals surface area contributed by atoms with Crippen LogP contribution in [0.5, 0.6) is 0 Å². The van der Waals surface area contributed by atoms with Crippen LogP contribution in [-0.2, 0) is 9.84 Å². The number of nitrogen functional groups attached to an aromatic ring is 1. The molecule has 1 aliphatic rings. The van der Waals surface area contributed by atoms with E-state index in [2.05, 4.69) is 0 Å². The van der Waals surface area contributed by atoms with Crippen LogP contribution >= 0.6 is 0 Å². The van der Waals surface area contributed by atoms with Crippen LogP contribution in [0.3, 0.4) is 0 Å². The van der Waals surface area contributed by atoms with Gasteiger partial charge in [-0.2, -0.15) is 0 Å². The summed E-state index contributed by atoms with van der Waals surface area (Å²) in [5.74, 6) is 0.397. The maximum absolute atomic E-state index is 12.2. The van der Waals surface area contributed by atoms with E-state index in [9.17, 15) is 13.2 Å². The van der Waals surface area contributed by atoms with Crippen LogP contribution in [0.1, 0.15) is 23.2 Å². The van der Waals surface area contributed by atoms with E-state index < -0.39 is 9.84 Å². The van der Waals surface area contributed by atoms with Crippen molar-refractivity contribution in [2.75, 3.05) is 25.6 Å². The second-order valence-electron chi connectivity index (χ2n) is 5.19. The van der Waals surface area contributed by atoms with Gasteiger partial charge in [-0.25, -0.2) is 8.42 Å². The zero-order valence-electron chi connectivity index (χ0n) is 11.1. The highest BCUT2D eigenvalue weighted by Crippen LogP contribution is 2.29. The fraction of sp³-hybridized carbons (Fsp3) is 0.462. The van der Waals surface area contributed by atoms with Crippen molar-refractivity contribution < 1.29 is 13.2 Å². The number of carbonyl (C=O) groups excluding carboxylic acids is 1. The summed E-state index contributed by atoms with van der Waals surface area (Å²) in [6.45, 7) is 0.710. The molecule has 6 heteroatoms. The minimum Gasteiger partial charge on any atom is -0.399 e. The van der Waals surface area contributed by atoms with Crippen molar-refractivity contribution in [1.82, 2.24) is 4.90 Å². The van der Waals surface area contributed by atoms with Crippen molar-refractivity contribution in [3.05, 3.63) is 23.8 Å². The van der Waals surface area contributed by atoms with E-state index in [1.807, 2.05) is 0 Å². The highest BCUT2D eigenvalue weighted by atomic mass is 32.2. The molecule has 0 saturated heterocycles. The van der Waals surface area contributed by atoms with E-state index in [0.717, 1.165) is 19.1 Å². The van der Waals surface area contributed by atoms with E-state index in [1.165, 1.54) is 18.2 Å². The van der Waals surface area contributed by atoms with E-state index in [1.54, 1.807) is 11.9 Å². The minimum absolute atomic E-state index is 0.0793. The standard InChI is InChI=1S/C13H18N2O3S/c1-15(8-9-3-4-9)13(16)10-5-11(14)7-12(6-10)19(2,17)18/h5-7,9H,3-4,8,14H2,1-2H3. The molecule has 0 bridgehead atoms. The number of rotatable bonds is 4. The number of sulfone groups is 1. The van der Waals surface area contributed by atoms with Gasteiger partial charge in [0, 0.05) is 31.1 Å². The predicted molar refractivity (Wildman–Crippen MR) is 73.6 cm³/mol. The lowest BCUT2D eigenvalue weighted by Gasteiger charge is -2.17. The summed E-state index contributed by atoms with van der Waals surface area (Å²) < 4.78 is 23.1. The molecule has 0 aliphatic heterocycles. The van der Waals surface area contributed by atoms with Gasteiger partial charge in [0.25, 0.3) is 5.91 Å². The third kappa shape index (κ3) is 3.47. The van der Waals surface area contributed by atoms with Crippen LogP contribution in [0.15, 0.2) is 23.1 Å². The molecular formula is C13H18N2O3S. The number of anilines is 1. The molecule has 5 nitrogen and oxygen atoms in total. The van der Waals surface area contributed by atoms with Crippen LogP contribution in [0.2, 0.25) is 0 Å². The minimum atomic E-state index is -3.37. The van der Waals surface area contributed by atoms with Gasteiger partial charge in [0.15, 0.2) is 9.84 Å². The highest BCUT2D eigenvalue weighted by Gasteiger charge is 2.25. The molecule has 0 atom stereocenters. The zero-order valence-corrected chi connectivity index (χ0v) is 11.9. The molecule has 1 aromatic rings. The van der Waals surface area contributed by atoms with Gasteiger partial charge >= 0.3 is 0 Å². The molecule has 0 aromatic heterocycles. The number of nitrogens with zero attached hydrogens (tertiary/aromatic N) is 1. The molecule has 0 spiro atoms. The Kier molecular flexibility index (Phi) is 3.54. The van der Waals surface area contributed by atoms with E-state index in [-0.39, 0.29) is 16.5 Å². The second-order valence-corrected chi connectivity index (χ2v) is 7.21. The van der Waals surface area contributed by atoms with Gasteiger partial charge in [0.1, 0.15) is 0 Å². The normalized spacial score (nSPS) is 15.3. The van der Waals surface area contributed by atoms with E-state index >= 15 is 0 Å². The first-order chi connectivity index (χ1) is 8.77. The topological polar surface area (TPSA) is 80.5 Å². The summed E-state index contributed by atoms with van der Waals surface area (Å²) >= 11 is 0. The number of benzene rings is 1. The van der Waals surface area contributed by atoms with Gasteiger partial charge in [0.2, 0.25) is 0 Å². The Morgan fingerprint density at radius 1 is 1.37 bits per heavy atom. The van der Waals surface area contributed by atoms with Crippen LogP contribution in [0, 0.1) is 5.92 Å². The Morgan fingerprint density at radius 3 is 2.53 bits per heavy atom. The van der Waals surface area contributed by atoms with Crippen molar-refractivity contribution >= 4 is 21.4 Å². The second kappa shape index (κ2) is 4.85. The van der Waals surface area contributed by atoms with Gasteiger partial charge in [-0.1, -0.05) is 0 Å². The quantitative estimate of drug-likeness (QED) is 0.840. The van der Waals surface area contributed by atoms with Crippen molar-refractivity contribution in [1.29, 1.82) is 0 Å². The monoisotopic (exact) mass is 282 g/mol. The number of hydrogen-bond acceptors (Lipinski definition) is 4. The fourth-order valence-electron chi connectivity index (χ4n) is 1.95. The zero-order chi connectivity index (χ0) is 14.2. The summed E-state index contributed by atoms with van der Waals surface area (Å²) in [7, 11) is -1.64. The first kappa shape index (κ1) is 13.9. The molecule has 1 aliphatic carbocycles. The summed E-state index contributed by atoms with van der Waals surface area (Å²) in [5, 5.41) is 0. The fourth-order valence-corrected chi connectivity index (χ4v) is 2.64. The molecule has 1 fully saturated rings. The Labute approximate surface area is 113 Å². The maximum Gasteiger partial charge on any atom is 0.253 e. The average molecular weight is 282 g/mol. The SMILES string of the molecule is CN(CC1CC1)C(=O)c1cc(N)cc(S(C)(=O)=O)c1. The van der Waals surface area contributed by atoms with Crippen molar-refractivity contribution in [2.24, 2.45) is 5.92 Å². The number of hydrogen-bond donors (Lipinski definition) is 1. The Morgan fingerprint density at radius 2 is 2.00 bits per heavy atom.